The number of aliphatic carboxylic acids is 1. The second-order valence-electron chi connectivity index (χ2n) is 5.12. The molecule has 22 heavy (non-hydrogen) atoms. The zero-order chi connectivity index (χ0) is 16.5. The van der Waals surface area contributed by atoms with Crippen LogP contribution in [-0.2, 0) is 9.59 Å². The molecule has 1 aromatic rings. The van der Waals surface area contributed by atoms with Gasteiger partial charge in [-0.05, 0) is 30.7 Å². The van der Waals surface area contributed by atoms with E-state index in [4.69, 9.17) is 14.6 Å². The smallest absolute Gasteiger partial charge is 0.308 e. The van der Waals surface area contributed by atoms with Gasteiger partial charge in [0.25, 0.3) is 5.91 Å². The molecule has 6 nitrogen and oxygen atoms in total. The summed E-state index contributed by atoms with van der Waals surface area (Å²) in [6.45, 7) is 4.28. The fourth-order valence-corrected chi connectivity index (χ4v) is 1.70. The lowest BCUT2D eigenvalue weighted by atomic mass is 10.2. The Balaban J connectivity index is 2.41. The van der Waals surface area contributed by atoms with Crippen molar-refractivity contribution in [2.45, 2.75) is 20.3 Å². The van der Waals surface area contributed by atoms with Crippen molar-refractivity contribution in [2.75, 3.05) is 26.8 Å². The van der Waals surface area contributed by atoms with Crippen molar-refractivity contribution < 1.29 is 24.2 Å². The van der Waals surface area contributed by atoms with Gasteiger partial charge in [-0.1, -0.05) is 13.8 Å². The van der Waals surface area contributed by atoms with Gasteiger partial charge in [-0.15, -0.1) is 0 Å². The van der Waals surface area contributed by atoms with Gasteiger partial charge in [-0.2, -0.15) is 0 Å². The molecule has 1 unspecified atom stereocenters. The largest absolute Gasteiger partial charge is 0.494 e. The van der Waals surface area contributed by atoms with Gasteiger partial charge in [0, 0.05) is 13.6 Å². The predicted octanol–water partition coefficient (Wildman–Crippen LogP) is 2.03. The number of amides is 1. The molecule has 0 aliphatic heterocycles. The van der Waals surface area contributed by atoms with Crippen LogP contribution >= 0.6 is 0 Å². The summed E-state index contributed by atoms with van der Waals surface area (Å²) in [7, 11) is 1.56. The van der Waals surface area contributed by atoms with Crippen molar-refractivity contribution >= 4 is 11.9 Å². The van der Waals surface area contributed by atoms with E-state index in [9.17, 15) is 9.59 Å². The number of nitrogens with zero attached hydrogens (tertiary/aromatic N) is 1. The highest BCUT2D eigenvalue weighted by molar-refractivity contribution is 5.78. The maximum Gasteiger partial charge on any atom is 0.308 e. The molecule has 6 heteroatoms. The first-order valence-corrected chi connectivity index (χ1v) is 7.26. The number of likely N-dealkylation sites (N-methyl/N-ethyl adjacent to an activating group) is 1. The quantitative estimate of drug-likeness (QED) is 0.755. The molecule has 0 aliphatic carbocycles. The average molecular weight is 309 g/mol. The zero-order valence-electron chi connectivity index (χ0n) is 13.2. The lowest BCUT2D eigenvalue weighted by Crippen LogP contribution is -2.36. The van der Waals surface area contributed by atoms with Crippen LogP contribution in [0.3, 0.4) is 0 Å². The molecule has 0 heterocycles. The second-order valence-corrected chi connectivity index (χ2v) is 5.12. The minimum atomic E-state index is -0.928. The molecule has 0 aliphatic rings. The third-order valence-electron chi connectivity index (χ3n) is 3.05. The van der Waals surface area contributed by atoms with Gasteiger partial charge < -0.3 is 19.5 Å². The number of carbonyl (C=O) groups excluding carboxylic acids is 1. The summed E-state index contributed by atoms with van der Waals surface area (Å²) in [4.78, 5) is 24.0. The normalized spacial score (nSPS) is 11.6. The Morgan fingerprint density at radius 1 is 1.18 bits per heavy atom. The molecular formula is C16H23NO5. The summed E-state index contributed by atoms with van der Waals surface area (Å²) >= 11 is 0. The molecule has 122 valence electrons. The fraction of sp³-hybridized carbons (Fsp3) is 0.500. The van der Waals surface area contributed by atoms with Gasteiger partial charge in [-0.25, -0.2) is 0 Å². The van der Waals surface area contributed by atoms with Crippen molar-refractivity contribution in [2.24, 2.45) is 5.92 Å². The molecule has 1 atom stereocenters. The highest BCUT2D eigenvalue weighted by atomic mass is 16.5. The van der Waals surface area contributed by atoms with Gasteiger partial charge in [0.15, 0.2) is 6.61 Å². The number of carboxylic acid groups (broad SMARTS) is 1. The molecule has 1 N–H and O–H groups in total. The molecule has 1 rings (SSSR count). The number of hydrogen-bond donors (Lipinski definition) is 1. The molecule has 1 aromatic carbocycles. The van der Waals surface area contributed by atoms with Crippen LogP contribution in [0, 0.1) is 5.92 Å². The van der Waals surface area contributed by atoms with Crippen LogP contribution in [0.4, 0.5) is 0 Å². The summed E-state index contributed by atoms with van der Waals surface area (Å²) in [5, 5.41) is 8.83. The lowest BCUT2D eigenvalue weighted by molar-refractivity contribution is -0.143. The zero-order valence-corrected chi connectivity index (χ0v) is 13.2. The van der Waals surface area contributed by atoms with Crippen LogP contribution in [0.15, 0.2) is 24.3 Å². The Labute approximate surface area is 130 Å². The van der Waals surface area contributed by atoms with Crippen molar-refractivity contribution in [3.63, 3.8) is 0 Å². The van der Waals surface area contributed by atoms with Gasteiger partial charge >= 0.3 is 5.97 Å². The highest BCUT2D eigenvalue weighted by Gasteiger charge is 2.17. The van der Waals surface area contributed by atoms with Crippen LogP contribution in [0.2, 0.25) is 0 Å². The van der Waals surface area contributed by atoms with E-state index in [1.165, 1.54) is 4.90 Å². The Morgan fingerprint density at radius 2 is 1.73 bits per heavy atom. The predicted molar refractivity (Wildman–Crippen MR) is 82.2 cm³/mol. The minimum absolute atomic E-state index is 0.127. The molecule has 0 aromatic heterocycles. The molecule has 0 bridgehead atoms. The van der Waals surface area contributed by atoms with E-state index >= 15 is 0 Å². The third-order valence-corrected chi connectivity index (χ3v) is 3.05. The van der Waals surface area contributed by atoms with E-state index in [0.29, 0.717) is 12.4 Å². The number of carboxylic acids is 1. The molecule has 0 saturated heterocycles. The molecule has 0 fully saturated rings. The van der Waals surface area contributed by atoms with E-state index in [1.54, 1.807) is 38.2 Å². The average Bonchev–Trinajstić information content (AvgIpc) is 2.51. The maximum atomic E-state index is 11.9. The Morgan fingerprint density at radius 3 is 2.23 bits per heavy atom. The van der Waals surface area contributed by atoms with Crippen LogP contribution in [0.5, 0.6) is 11.5 Å². The second kappa shape index (κ2) is 8.92. The molecule has 1 amide bonds. The van der Waals surface area contributed by atoms with E-state index in [2.05, 4.69) is 0 Å². The maximum absolute atomic E-state index is 11.9. The lowest BCUT2D eigenvalue weighted by Gasteiger charge is -2.19. The monoisotopic (exact) mass is 309 g/mol. The van der Waals surface area contributed by atoms with Crippen LogP contribution in [0.25, 0.3) is 0 Å². The third kappa shape index (κ3) is 6.03. The van der Waals surface area contributed by atoms with Crippen molar-refractivity contribution in [1.82, 2.24) is 4.90 Å². The topological polar surface area (TPSA) is 76.1 Å². The summed E-state index contributed by atoms with van der Waals surface area (Å²) in [6.07, 6.45) is 0.938. The Hall–Kier alpha value is -2.24. The number of carbonyl (C=O) groups is 2. The molecule has 0 radical (unpaired) electrons. The van der Waals surface area contributed by atoms with E-state index in [-0.39, 0.29) is 19.1 Å². The Kier molecular flexibility index (Phi) is 7.22. The van der Waals surface area contributed by atoms with Crippen LogP contribution in [0.1, 0.15) is 20.3 Å². The Bertz CT molecular complexity index is 486. The summed E-state index contributed by atoms with van der Waals surface area (Å²) in [6, 6.07) is 7.04. The summed E-state index contributed by atoms with van der Waals surface area (Å²) in [5.74, 6) is -0.476. The minimum Gasteiger partial charge on any atom is -0.494 e. The first kappa shape index (κ1) is 17.8. The fourth-order valence-electron chi connectivity index (χ4n) is 1.70. The van der Waals surface area contributed by atoms with Gasteiger partial charge in [-0.3, -0.25) is 9.59 Å². The van der Waals surface area contributed by atoms with E-state index in [1.807, 2.05) is 6.92 Å². The number of rotatable bonds is 9. The molecular weight excluding hydrogens is 286 g/mol. The standard InChI is InChI=1S/C16H23NO5/c1-4-9-21-13-5-7-14(8-6-13)22-11-15(18)17(3)10-12(2)16(19)20/h5-8,12H,4,9-11H2,1-3H3,(H,19,20). The summed E-state index contributed by atoms with van der Waals surface area (Å²) < 4.78 is 10.9. The van der Waals surface area contributed by atoms with Crippen molar-refractivity contribution in [1.29, 1.82) is 0 Å². The van der Waals surface area contributed by atoms with E-state index < -0.39 is 11.9 Å². The SMILES string of the molecule is CCCOc1ccc(OCC(=O)N(C)CC(C)C(=O)O)cc1. The molecule has 0 saturated carbocycles. The van der Waals surface area contributed by atoms with Gasteiger partial charge in [0.2, 0.25) is 0 Å². The van der Waals surface area contributed by atoms with Crippen molar-refractivity contribution in [3.05, 3.63) is 24.3 Å². The number of hydrogen-bond acceptors (Lipinski definition) is 4. The van der Waals surface area contributed by atoms with Crippen LogP contribution in [-0.4, -0.2) is 48.7 Å². The first-order valence-electron chi connectivity index (χ1n) is 7.26. The van der Waals surface area contributed by atoms with Gasteiger partial charge in [0.05, 0.1) is 12.5 Å². The van der Waals surface area contributed by atoms with Crippen LogP contribution < -0.4 is 9.47 Å². The number of ether oxygens (including phenoxy) is 2. The van der Waals surface area contributed by atoms with E-state index in [0.717, 1.165) is 12.2 Å². The summed E-state index contributed by atoms with van der Waals surface area (Å²) in [5.41, 5.74) is 0. The molecule has 0 spiro atoms. The first-order chi connectivity index (χ1) is 10.4. The van der Waals surface area contributed by atoms with Crippen molar-refractivity contribution in [3.8, 4) is 11.5 Å². The highest BCUT2D eigenvalue weighted by Crippen LogP contribution is 2.17. The van der Waals surface area contributed by atoms with Gasteiger partial charge in [0.1, 0.15) is 11.5 Å². The number of benzene rings is 1.